The first-order chi connectivity index (χ1) is 32.4. The fourth-order valence-electron chi connectivity index (χ4n) is 12.6. The van der Waals surface area contributed by atoms with E-state index in [1.54, 1.807) is 0 Å². The van der Waals surface area contributed by atoms with Crippen molar-refractivity contribution in [1.82, 2.24) is 4.57 Å². The molecule has 0 fully saturated rings. The van der Waals surface area contributed by atoms with Crippen molar-refractivity contribution in [2.45, 2.75) is 97.8 Å². The summed E-state index contributed by atoms with van der Waals surface area (Å²) in [6, 6.07) is 51.0. The Morgan fingerprint density at radius 2 is 1.12 bits per heavy atom. The standard InChI is InChI=1S/C63H55BN2O2/c1-60(2,3)34-20-24-37(25-21-34)66-49-32-41-38-26-22-36(62(7,8)9)29-45(38)63(10,11)46(41)30-44(49)56-57-58-54(55-40-17-13-15-19-52(40)68-59(55)56)43-28-35(61(4,5)6)23-27-48(43)65(58)50-33-53-42(31-47(50)64(57)66)39-16-12-14-18-51(39)67-53/h12-33H,1-11H3. The maximum absolute atomic E-state index is 7.39. The molecule has 68 heavy (non-hydrogen) atoms. The molecule has 332 valence electrons. The van der Waals surface area contributed by atoms with Crippen LogP contribution in [0, 0.1) is 0 Å². The Bertz CT molecular complexity index is 4060. The summed E-state index contributed by atoms with van der Waals surface area (Å²) < 4.78 is 16.8. The van der Waals surface area contributed by atoms with Gasteiger partial charge in [0, 0.05) is 72.0 Å². The van der Waals surface area contributed by atoms with Gasteiger partial charge in [-0.2, -0.15) is 0 Å². The third-order valence-corrected chi connectivity index (χ3v) is 16.2. The van der Waals surface area contributed by atoms with E-state index in [2.05, 4.69) is 219 Å². The number of nitrogens with zero attached hydrogens (tertiary/aromatic N) is 2. The average Bonchev–Trinajstić information content (AvgIpc) is 4.03. The molecule has 11 aromatic rings. The lowest BCUT2D eigenvalue weighted by molar-refractivity contribution is 0.584. The highest BCUT2D eigenvalue weighted by Crippen LogP contribution is 2.57. The largest absolute Gasteiger partial charge is 0.456 e. The number of aromatic nitrogens is 1. The lowest BCUT2D eigenvalue weighted by atomic mass is 9.43. The minimum absolute atomic E-state index is 0.00422. The van der Waals surface area contributed by atoms with Crippen LogP contribution in [0.3, 0.4) is 0 Å². The maximum atomic E-state index is 7.39. The lowest BCUT2D eigenvalue weighted by Gasteiger charge is -2.42. The van der Waals surface area contributed by atoms with Gasteiger partial charge in [0.05, 0.1) is 11.0 Å². The zero-order valence-corrected chi connectivity index (χ0v) is 41.0. The first-order valence-electron chi connectivity index (χ1n) is 24.5. The fraction of sp³-hybridized carbons (Fsp3) is 0.238. The number of para-hydroxylation sites is 2. The fourth-order valence-corrected chi connectivity index (χ4v) is 12.6. The van der Waals surface area contributed by atoms with Crippen LogP contribution in [0.2, 0.25) is 0 Å². The normalized spacial score (nSPS) is 15.0. The van der Waals surface area contributed by atoms with Gasteiger partial charge in [0.25, 0.3) is 0 Å². The Morgan fingerprint density at radius 3 is 1.84 bits per heavy atom. The maximum Gasteiger partial charge on any atom is 0.333 e. The van der Waals surface area contributed by atoms with Gasteiger partial charge in [0.1, 0.15) is 22.3 Å². The number of fused-ring (bicyclic) bond motifs is 19. The van der Waals surface area contributed by atoms with Gasteiger partial charge in [0.2, 0.25) is 0 Å². The Morgan fingerprint density at radius 1 is 0.485 bits per heavy atom. The van der Waals surface area contributed by atoms with Gasteiger partial charge in [-0.05, 0) is 115 Å². The number of benzene rings is 8. The lowest BCUT2D eigenvalue weighted by Crippen LogP contribution is -2.60. The van der Waals surface area contributed by atoms with Crippen LogP contribution < -0.4 is 15.7 Å². The highest BCUT2D eigenvalue weighted by molar-refractivity contribution is 6.94. The van der Waals surface area contributed by atoms with Gasteiger partial charge < -0.3 is 18.2 Å². The molecule has 1 aliphatic carbocycles. The molecule has 0 saturated heterocycles. The summed E-state index contributed by atoms with van der Waals surface area (Å²) in [6.07, 6.45) is 0. The van der Waals surface area contributed by atoms with Gasteiger partial charge in [-0.25, -0.2) is 0 Å². The summed E-state index contributed by atoms with van der Waals surface area (Å²) in [4.78, 5) is 2.68. The van der Waals surface area contributed by atoms with Crippen LogP contribution in [0.25, 0.3) is 93.6 Å². The van der Waals surface area contributed by atoms with E-state index in [1.807, 2.05) is 0 Å². The van der Waals surface area contributed by atoms with E-state index in [9.17, 15) is 0 Å². The van der Waals surface area contributed by atoms with Crippen LogP contribution in [0.15, 0.2) is 142 Å². The summed E-state index contributed by atoms with van der Waals surface area (Å²) in [5.74, 6) is 0. The molecule has 5 heterocycles. The molecule has 0 atom stereocenters. The molecule has 0 saturated carbocycles. The van der Waals surface area contributed by atoms with Gasteiger partial charge in [-0.15, -0.1) is 0 Å². The van der Waals surface area contributed by atoms with Gasteiger partial charge in [0.15, 0.2) is 0 Å². The number of hydrogen-bond acceptors (Lipinski definition) is 3. The number of rotatable bonds is 1. The summed E-state index contributed by atoms with van der Waals surface area (Å²) in [7, 11) is 0. The second-order valence-corrected chi connectivity index (χ2v) is 23.8. The zero-order chi connectivity index (χ0) is 46.7. The summed E-state index contributed by atoms with van der Waals surface area (Å²) >= 11 is 0. The number of furan rings is 2. The first kappa shape index (κ1) is 40.1. The molecule has 3 aliphatic rings. The van der Waals surface area contributed by atoms with Crippen molar-refractivity contribution in [3.05, 3.63) is 161 Å². The molecule has 14 rings (SSSR count). The van der Waals surface area contributed by atoms with E-state index >= 15 is 0 Å². The van der Waals surface area contributed by atoms with E-state index in [1.165, 1.54) is 93.9 Å². The van der Waals surface area contributed by atoms with Crippen LogP contribution in [-0.4, -0.2) is 11.4 Å². The van der Waals surface area contributed by atoms with E-state index in [-0.39, 0.29) is 28.5 Å². The monoisotopic (exact) mass is 882 g/mol. The third-order valence-electron chi connectivity index (χ3n) is 16.2. The molecule has 0 unspecified atom stereocenters. The van der Waals surface area contributed by atoms with Crippen molar-refractivity contribution < 1.29 is 8.83 Å². The van der Waals surface area contributed by atoms with E-state index in [0.29, 0.717) is 0 Å². The number of anilines is 2. The summed E-state index contributed by atoms with van der Waals surface area (Å²) in [5.41, 5.74) is 23.7. The predicted octanol–water partition coefficient (Wildman–Crippen LogP) is 16.0. The second kappa shape index (κ2) is 12.8. The minimum atomic E-state index is -0.232. The summed E-state index contributed by atoms with van der Waals surface area (Å²) in [5, 5.41) is 7.08. The van der Waals surface area contributed by atoms with E-state index < -0.39 is 0 Å². The minimum Gasteiger partial charge on any atom is -0.456 e. The van der Waals surface area contributed by atoms with Crippen molar-refractivity contribution in [2.24, 2.45) is 0 Å². The number of hydrogen-bond donors (Lipinski definition) is 0. The molecular formula is C63H55BN2O2. The smallest absolute Gasteiger partial charge is 0.333 e. The van der Waals surface area contributed by atoms with Crippen LogP contribution >= 0.6 is 0 Å². The Hall–Kier alpha value is -6.98. The van der Waals surface area contributed by atoms with E-state index in [4.69, 9.17) is 8.83 Å². The van der Waals surface area contributed by atoms with Crippen molar-refractivity contribution in [3.63, 3.8) is 0 Å². The molecule has 2 aliphatic heterocycles. The quantitative estimate of drug-likeness (QED) is 0.154. The molecule has 0 bridgehead atoms. The molecule has 0 radical (unpaired) electrons. The van der Waals surface area contributed by atoms with Gasteiger partial charge >= 0.3 is 6.85 Å². The molecule has 4 nitrogen and oxygen atoms in total. The van der Waals surface area contributed by atoms with Crippen molar-refractivity contribution in [3.8, 4) is 27.9 Å². The van der Waals surface area contributed by atoms with Crippen LogP contribution in [-0.2, 0) is 21.7 Å². The molecule has 3 aromatic heterocycles. The Balaban J connectivity index is 1.21. The second-order valence-electron chi connectivity index (χ2n) is 23.8. The van der Waals surface area contributed by atoms with Crippen LogP contribution in [0.5, 0.6) is 0 Å². The van der Waals surface area contributed by atoms with Crippen molar-refractivity contribution in [1.29, 1.82) is 0 Å². The first-order valence-corrected chi connectivity index (χ1v) is 24.5. The Kier molecular flexibility index (Phi) is 7.53. The average molecular weight is 883 g/mol. The molecule has 5 heteroatoms. The highest BCUT2D eigenvalue weighted by atomic mass is 16.3. The predicted molar refractivity (Wildman–Crippen MR) is 288 cm³/mol. The third kappa shape index (κ3) is 5.12. The zero-order valence-electron chi connectivity index (χ0n) is 41.0. The molecule has 0 N–H and O–H groups in total. The Labute approximate surface area is 398 Å². The molecular weight excluding hydrogens is 828 g/mol. The molecule has 0 amide bonds. The highest BCUT2D eigenvalue weighted by Gasteiger charge is 2.48. The van der Waals surface area contributed by atoms with Crippen LogP contribution in [0.1, 0.15) is 104 Å². The topological polar surface area (TPSA) is 34.5 Å². The molecule has 8 aromatic carbocycles. The SMILES string of the molecule is CC(C)(C)c1ccc(N2B3c4cc5c(cc4-n4c6ccc(C(C)(C)C)cc6c6c7c(oc8ccccc87)c(c3c64)-c3cc4c(cc32)-c2ccc(C(C)(C)C)cc2C4(C)C)oc2ccccc25)cc1. The van der Waals surface area contributed by atoms with Gasteiger partial charge in [-0.1, -0.05) is 155 Å². The molecule has 0 spiro atoms. The van der Waals surface area contributed by atoms with E-state index in [0.717, 1.165) is 49.9 Å². The van der Waals surface area contributed by atoms with Crippen molar-refractivity contribution >= 4 is 94.8 Å². The van der Waals surface area contributed by atoms with Crippen LogP contribution in [0.4, 0.5) is 11.4 Å². The van der Waals surface area contributed by atoms with Gasteiger partial charge in [-0.3, -0.25) is 0 Å². The summed E-state index contributed by atoms with van der Waals surface area (Å²) in [6.45, 7) is 25.5. The van der Waals surface area contributed by atoms with Crippen molar-refractivity contribution in [2.75, 3.05) is 4.81 Å².